The fraction of sp³-hybridized carbons (Fsp3) is 0.118. The summed E-state index contributed by atoms with van der Waals surface area (Å²) < 4.78 is 13.2. The lowest BCUT2D eigenvalue weighted by molar-refractivity contribution is 0.628. The summed E-state index contributed by atoms with van der Waals surface area (Å²) >= 11 is 0. The van der Waals surface area contributed by atoms with Gasteiger partial charge >= 0.3 is 0 Å². The number of hydrogen-bond acceptors (Lipinski definition) is 5. The smallest absolute Gasteiger partial charge is 0.249 e. The largest absolute Gasteiger partial charge is 0.339 e. The molecule has 0 fully saturated rings. The fourth-order valence-corrected chi connectivity index (χ4v) is 2.20. The van der Waals surface area contributed by atoms with E-state index >= 15 is 0 Å². The molecule has 3 aromatic rings. The average Bonchev–Trinajstić information content (AvgIpc) is 2.56. The van der Waals surface area contributed by atoms with Crippen LogP contribution in [0.2, 0.25) is 0 Å². The molecule has 0 aliphatic carbocycles. The Labute approximate surface area is 133 Å². The molecule has 0 aliphatic rings. The number of para-hydroxylation sites is 1. The Kier molecular flexibility index (Phi) is 4.42. The van der Waals surface area contributed by atoms with Gasteiger partial charge in [0.2, 0.25) is 5.95 Å². The molecule has 2 aromatic carbocycles. The highest BCUT2D eigenvalue weighted by Crippen LogP contribution is 2.20. The third kappa shape index (κ3) is 3.79. The van der Waals surface area contributed by atoms with E-state index in [2.05, 4.69) is 38.8 Å². The standard InChI is InChI=1S/C17H16FN5/c1-2-12-6-3-4-9-15(12)21-16-11-19-23-17(22-16)20-14-8-5-7-13(18)10-14/h3-11H,2H2,1H3,(H2,20,21,22,23). The van der Waals surface area contributed by atoms with Crippen LogP contribution < -0.4 is 10.6 Å². The molecule has 0 aliphatic heterocycles. The van der Waals surface area contributed by atoms with Gasteiger partial charge in [0.1, 0.15) is 5.82 Å². The van der Waals surface area contributed by atoms with Crippen molar-refractivity contribution in [3.63, 3.8) is 0 Å². The van der Waals surface area contributed by atoms with Gasteiger partial charge < -0.3 is 10.6 Å². The number of hydrogen-bond donors (Lipinski definition) is 2. The van der Waals surface area contributed by atoms with Crippen LogP contribution in [-0.2, 0) is 6.42 Å². The first-order valence-electron chi connectivity index (χ1n) is 7.32. The van der Waals surface area contributed by atoms with Crippen molar-refractivity contribution in [2.45, 2.75) is 13.3 Å². The monoisotopic (exact) mass is 309 g/mol. The Balaban J connectivity index is 1.80. The topological polar surface area (TPSA) is 62.7 Å². The van der Waals surface area contributed by atoms with Crippen molar-refractivity contribution in [2.75, 3.05) is 10.6 Å². The van der Waals surface area contributed by atoms with Crippen LogP contribution in [0.5, 0.6) is 0 Å². The molecular formula is C17H16FN5. The molecule has 0 saturated carbocycles. The lowest BCUT2D eigenvalue weighted by Crippen LogP contribution is -2.03. The second-order valence-corrected chi connectivity index (χ2v) is 4.94. The lowest BCUT2D eigenvalue weighted by Gasteiger charge is -2.10. The van der Waals surface area contributed by atoms with Gasteiger partial charge in [-0.25, -0.2) is 4.39 Å². The Morgan fingerprint density at radius 2 is 1.91 bits per heavy atom. The van der Waals surface area contributed by atoms with Gasteiger partial charge in [-0.2, -0.15) is 10.1 Å². The van der Waals surface area contributed by atoms with Crippen molar-refractivity contribution >= 4 is 23.1 Å². The van der Waals surface area contributed by atoms with Crippen LogP contribution in [0.25, 0.3) is 0 Å². The highest BCUT2D eigenvalue weighted by molar-refractivity contribution is 5.61. The Bertz CT molecular complexity index is 806. The summed E-state index contributed by atoms with van der Waals surface area (Å²) in [6.45, 7) is 2.09. The van der Waals surface area contributed by atoms with E-state index in [1.165, 1.54) is 17.7 Å². The third-order valence-electron chi connectivity index (χ3n) is 3.30. The number of aromatic nitrogens is 3. The van der Waals surface area contributed by atoms with Crippen molar-refractivity contribution in [2.24, 2.45) is 0 Å². The molecule has 23 heavy (non-hydrogen) atoms. The van der Waals surface area contributed by atoms with E-state index in [9.17, 15) is 4.39 Å². The quantitative estimate of drug-likeness (QED) is 0.744. The van der Waals surface area contributed by atoms with Crippen molar-refractivity contribution in [1.82, 2.24) is 15.2 Å². The molecule has 1 aromatic heterocycles. The van der Waals surface area contributed by atoms with E-state index in [0.717, 1.165) is 12.1 Å². The number of aryl methyl sites for hydroxylation is 1. The molecule has 2 N–H and O–H groups in total. The third-order valence-corrected chi connectivity index (χ3v) is 3.30. The molecule has 116 valence electrons. The molecule has 5 nitrogen and oxygen atoms in total. The highest BCUT2D eigenvalue weighted by Gasteiger charge is 2.05. The second kappa shape index (κ2) is 6.83. The van der Waals surface area contributed by atoms with Gasteiger partial charge in [0, 0.05) is 11.4 Å². The maximum atomic E-state index is 13.2. The summed E-state index contributed by atoms with van der Waals surface area (Å²) in [5.41, 5.74) is 2.73. The van der Waals surface area contributed by atoms with E-state index in [4.69, 9.17) is 0 Å². The molecule has 0 saturated heterocycles. The minimum Gasteiger partial charge on any atom is -0.339 e. The molecule has 6 heteroatoms. The zero-order valence-corrected chi connectivity index (χ0v) is 12.6. The highest BCUT2D eigenvalue weighted by atomic mass is 19.1. The van der Waals surface area contributed by atoms with Crippen molar-refractivity contribution in [1.29, 1.82) is 0 Å². The molecule has 0 unspecified atom stereocenters. The number of rotatable bonds is 5. The van der Waals surface area contributed by atoms with Gasteiger partial charge in [0.15, 0.2) is 5.82 Å². The SMILES string of the molecule is CCc1ccccc1Nc1cnnc(Nc2cccc(F)c2)n1. The predicted molar refractivity (Wildman–Crippen MR) is 88.6 cm³/mol. The number of benzene rings is 2. The first-order chi connectivity index (χ1) is 11.2. The molecular weight excluding hydrogens is 293 g/mol. The van der Waals surface area contributed by atoms with Crippen molar-refractivity contribution < 1.29 is 4.39 Å². The maximum absolute atomic E-state index is 13.2. The number of nitrogens with zero attached hydrogens (tertiary/aromatic N) is 3. The van der Waals surface area contributed by atoms with Crippen LogP contribution in [0.3, 0.4) is 0 Å². The van der Waals surface area contributed by atoms with E-state index in [0.29, 0.717) is 17.5 Å². The van der Waals surface area contributed by atoms with Gasteiger partial charge in [-0.05, 0) is 36.2 Å². The van der Waals surface area contributed by atoms with Crippen molar-refractivity contribution in [3.05, 3.63) is 66.1 Å². The first-order valence-corrected chi connectivity index (χ1v) is 7.32. The Hall–Kier alpha value is -3.02. The van der Waals surface area contributed by atoms with E-state index in [-0.39, 0.29) is 5.82 Å². The zero-order chi connectivity index (χ0) is 16.1. The summed E-state index contributed by atoms with van der Waals surface area (Å²) in [5.74, 6) is 0.545. The molecule has 0 atom stereocenters. The first kappa shape index (κ1) is 14.9. The summed E-state index contributed by atoms with van der Waals surface area (Å²) in [7, 11) is 0. The van der Waals surface area contributed by atoms with Crippen molar-refractivity contribution in [3.8, 4) is 0 Å². The number of nitrogens with one attached hydrogen (secondary N) is 2. The summed E-state index contributed by atoms with van der Waals surface area (Å²) in [4.78, 5) is 4.35. The summed E-state index contributed by atoms with van der Waals surface area (Å²) in [6, 6.07) is 14.1. The lowest BCUT2D eigenvalue weighted by atomic mass is 10.1. The van der Waals surface area contributed by atoms with Gasteiger partial charge in [-0.3, -0.25) is 0 Å². The van der Waals surface area contributed by atoms with Crippen LogP contribution in [0.4, 0.5) is 27.5 Å². The summed E-state index contributed by atoms with van der Waals surface area (Å²) in [5, 5.41) is 14.0. The minimum absolute atomic E-state index is 0.301. The van der Waals surface area contributed by atoms with Crippen LogP contribution >= 0.6 is 0 Å². The summed E-state index contributed by atoms with van der Waals surface area (Å²) in [6.07, 6.45) is 2.46. The fourth-order valence-electron chi connectivity index (χ4n) is 2.20. The van der Waals surface area contributed by atoms with Crippen LogP contribution in [0, 0.1) is 5.82 Å². The molecule has 0 amide bonds. The molecule has 0 spiro atoms. The van der Waals surface area contributed by atoms with Gasteiger partial charge in [0.05, 0.1) is 6.20 Å². The van der Waals surface area contributed by atoms with Gasteiger partial charge in [0.25, 0.3) is 0 Å². The maximum Gasteiger partial charge on any atom is 0.249 e. The normalized spacial score (nSPS) is 10.3. The molecule has 0 bridgehead atoms. The molecule has 3 rings (SSSR count). The average molecular weight is 309 g/mol. The Morgan fingerprint density at radius 1 is 1.04 bits per heavy atom. The van der Waals surface area contributed by atoms with E-state index in [1.807, 2.05) is 18.2 Å². The second-order valence-electron chi connectivity index (χ2n) is 4.94. The number of halogens is 1. The van der Waals surface area contributed by atoms with E-state index in [1.54, 1.807) is 18.3 Å². The van der Waals surface area contributed by atoms with Crippen LogP contribution in [0.15, 0.2) is 54.7 Å². The van der Waals surface area contributed by atoms with Crippen LogP contribution in [-0.4, -0.2) is 15.2 Å². The minimum atomic E-state index is -0.325. The predicted octanol–water partition coefficient (Wildman–Crippen LogP) is 4.06. The van der Waals surface area contributed by atoms with E-state index < -0.39 is 0 Å². The zero-order valence-electron chi connectivity index (χ0n) is 12.6. The Morgan fingerprint density at radius 3 is 2.74 bits per heavy atom. The van der Waals surface area contributed by atoms with Gasteiger partial charge in [-0.15, -0.1) is 5.10 Å². The molecule has 0 radical (unpaired) electrons. The van der Waals surface area contributed by atoms with Gasteiger partial charge in [-0.1, -0.05) is 31.2 Å². The molecule has 1 heterocycles. The number of anilines is 4. The van der Waals surface area contributed by atoms with Crippen LogP contribution in [0.1, 0.15) is 12.5 Å².